The molecule has 0 spiro atoms. The minimum atomic E-state index is -0.872. The zero-order chi connectivity index (χ0) is 26.7. The summed E-state index contributed by atoms with van der Waals surface area (Å²) in [6, 6.07) is 15.7. The molecule has 0 radical (unpaired) electrons. The van der Waals surface area contributed by atoms with Crippen molar-refractivity contribution < 1.29 is 23.9 Å². The Hall–Kier alpha value is -3.95. The van der Waals surface area contributed by atoms with Crippen molar-refractivity contribution in [1.82, 2.24) is 5.32 Å². The molecule has 10 heteroatoms. The number of nitrogens with one attached hydrogen (secondary N) is 2. The number of hydrogen-bond acceptors (Lipinski definition) is 5. The van der Waals surface area contributed by atoms with Gasteiger partial charge in [0.1, 0.15) is 11.3 Å². The van der Waals surface area contributed by atoms with Crippen LogP contribution in [0.25, 0.3) is 6.08 Å². The lowest BCUT2D eigenvalue weighted by Crippen LogP contribution is -2.54. The van der Waals surface area contributed by atoms with E-state index in [9.17, 15) is 19.2 Å². The highest BCUT2D eigenvalue weighted by molar-refractivity contribution is 9.10. The maximum absolute atomic E-state index is 13.2. The van der Waals surface area contributed by atoms with Crippen LogP contribution in [-0.4, -0.2) is 30.4 Å². The minimum absolute atomic E-state index is 0.249. The number of carbonyl (C=O) groups is 4. The highest BCUT2D eigenvalue weighted by Crippen LogP contribution is 2.29. The van der Waals surface area contributed by atoms with E-state index in [0.717, 1.165) is 16.0 Å². The molecular formula is C27H21BrClN3O5. The predicted octanol–water partition coefficient (Wildman–Crippen LogP) is 5.40. The first-order valence-corrected chi connectivity index (χ1v) is 12.3. The minimum Gasteiger partial charge on any atom is -0.483 e. The zero-order valence-electron chi connectivity index (χ0n) is 19.8. The third kappa shape index (κ3) is 5.90. The lowest BCUT2D eigenvalue weighted by Gasteiger charge is -2.26. The van der Waals surface area contributed by atoms with Crippen molar-refractivity contribution in [3.05, 3.63) is 92.4 Å². The number of amides is 5. The number of ether oxygens (including phenoxy) is 1. The van der Waals surface area contributed by atoms with Crippen LogP contribution >= 0.6 is 27.5 Å². The fraction of sp³-hybridized carbons (Fsp3) is 0.111. The van der Waals surface area contributed by atoms with Crippen molar-refractivity contribution in [3.63, 3.8) is 0 Å². The number of barbiturate groups is 1. The quantitative estimate of drug-likeness (QED) is 0.299. The Labute approximate surface area is 226 Å². The van der Waals surface area contributed by atoms with Crippen LogP contribution in [0, 0.1) is 13.8 Å². The topological polar surface area (TPSA) is 105 Å². The molecule has 5 amide bonds. The van der Waals surface area contributed by atoms with Gasteiger partial charge < -0.3 is 10.1 Å². The number of anilines is 2. The Balaban J connectivity index is 1.58. The van der Waals surface area contributed by atoms with Crippen LogP contribution in [0.5, 0.6) is 5.75 Å². The molecule has 1 aliphatic rings. The number of carbonyl (C=O) groups excluding carboxylic acids is 4. The van der Waals surface area contributed by atoms with Gasteiger partial charge in [0.2, 0.25) is 0 Å². The van der Waals surface area contributed by atoms with Gasteiger partial charge in [0, 0.05) is 20.7 Å². The Morgan fingerprint density at radius 3 is 2.54 bits per heavy atom. The number of hydrogen-bond donors (Lipinski definition) is 2. The molecule has 8 nitrogen and oxygen atoms in total. The van der Waals surface area contributed by atoms with Crippen molar-refractivity contribution in [2.45, 2.75) is 13.8 Å². The van der Waals surface area contributed by atoms with Crippen molar-refractivity contribution in [3.8, 4) is 5.75 Å². The second-order valence-corrected chi connectivity index (χ2v) is 9.55. The number of benzene rings is 3. The first-order chi connectivity index (χ1) is 17.6. The molecule has 3 aromatic carbocycles. The average molecular weight is 583 g/mol. The number of halogens is 2. The molecule has 1 fully saturated rings. The first kappa shape index (κ1) is 26.1. The molecule has 188 valence electrons. The smallest absolute Gasteiger partial charge is 0.335 e. The summed E-state index contributed by atoms with van der Waals surface area (Å²) in [6.45, 7) is 3.56. The van der Waals surface area contributed by atoms with Crippen LogP contribution < -0.4 is 20.3 Å². The van der Waals surface area contributed by atoms with E-state index in [0.29, 0.717) is 20.7 Å². The zero-order valence-corrected chi connectivity index (χ0v) is 22.1. The van der Waals surface area contributed by atoms with Gasteiger partial charge >= 0.3 is 6.03 Å². The van der Waals surface area contributed by atoms with E-state index >= 15 is 0 Å². The van der Waals surface area contributed by atoms with E-state index in [4.69, 9.17) is 16.3 Å². The second-order valence-electron chi connectivity index (χ2n) is 8.20. The summed E-state index contributed by atoms with van der Waals surface area (Å²) in [5.74, 6) is -1.77. The summed E-state index contributed by atoms with van der Waals surface area (Å²) in [7, 11) is 0. The third-order valence-corrected chi connectivity index (χ3v) is 6.44. The maximum atomic E-state index is 13.2. The van der Waals surface area contributed by atoms with E-state index in [2.05, 4.69) is 26.6 Å². The van der Waals surface area contributed by atoms with Gasteiger partial charge in [0.25, 0.3) is 17.7 Å². The van der Waals surface area contributed by atoms with E-state index in [-0.39, 0.29) is 29.5 Å². The third-order valence-electron chi connectivity index (χ3n) is 5.70. The molecule has 0 atom stereocenters. The largest absolute Gasteiger partial charge is 0.483 e. The van der Waals surface area contributed by atoms with Gasteiger partial charge in [-0.3, -0.25) is 19.7 Å². The van der Waals surface area contributed by atoms with Crippen molar-refractivity contribution in [2.24, 2.45) is 0 Å². The summed E-state index contributed by atoms with van der Waals surface area (Å²) in [5.41, 5.74) is 3.01. The lowest BCUT2D eigenvalue weighted by atomic mass is 10.1. The van der Waals surface area contributed by atoms with E-state index in [1.807, 2.05) is 26.0 Å². The van der Waals surface area contributed by atoms with Crippen LogP contribution in [-0.2, 0) is 14.4 Å². The van der Waals surface area contributed by atoms with Crippen LogP contribution in [0.2, 0.25) is 5.02 Å². The van der Waals surface area contributed by atoms with Crippen LogP contribution in [0.4, 0.5) is 16.2 Å². The molecule has 0 aromatic heterocycles. The average Bonchev–Trinajstić information content (AvgIpc) is 2.85. The molecule has 1 heterocycles. The predicted molar refractivity (Wildman–Crippen MR) is 145 cm³/mol. The van der Waals surface area contributed by atoms with Gasteiger partial charge in [-0.2, -0.15) is 0 Å². The van der Waals surface area contributed by atoms with Gasteiger partial charge in [0.15, 0.2) is 6.61 Å². The second kappa shape index (κ2) is 11.0. The van der Waals surface area contributed by atoms with Crippen molar-refractivity contribution >= 4 is 68.7 Å². The fourth-order valence-corrected chi connectivity index (χ4v) is 4.12. The van der Waals surface area contributed by atoms with Crippen LogP contribution in [0.1, 0.15) is 16.7 Å². The summed E-state index contributed by atoms with van der Waals surface area (Å²) in [4.78, 5) is 51.6. The van der Waals surface area contributed by atoms with Gasteiger partial charge in [-0.1, -0.05) is 39.7 Å². The molecule has 1 saturated heterocycles. The number of rotatable bonds is 6. The molecule has 0 saturated carbocycles. The van der Waals surface area contributed by atoms with Crippen LogP contribution in [0.15, 0.2) is 70.7 Å². The molecule has 2 N–H and O–H groups in total. The summed E-state index contributed by atoms with van der Waals surface area (Å²) in [5, 5.41) is 5.42. The van der Waals surface area contributed by atoms with Crippen molar-refractivity contribution in [1.29, 1.82) is 0 Å². The van der Waals surface area contributed by atoms with E-state index in [1.165, 1.54) is 30.3 Å². The number of aryl methyl sites for hydroxylation is 1. The molecule has 1 aliphatic heterocycles. The Morgan fingerprint density at radius 1 is 1.08 bits per heavy atom. The Bertz CT molecular complexity index is 1450. The fourth-order valence-electron chi connectivity index (χ4n) is 3.62. The molecule has 4 rings (SSSR count). The molecule has 37 heavy (non-hydrogen) atoms. The summed E-state index contributed by atoms with van der Waals surface area (Å²) < 4.78 is 6.39. The highest BCUT2D eigenvalue weighted by Gasteiger charge is 2.37. The monoisotopic (exact) mass is 581 g/mol. The molecule has 0 aliphatic carbocycles. The molecular weight excluding hydrogens is 562 g/mol. The first-order valence-electron chi connectivity index (χ1n) is 11.1. The summed E-state index contributed by atoms with van der Waals surface area (Å²) in [6.07, 6.45) is 1.32. The van der Waals surface area contributed by atoms with Gasteiger partial charge in [0.05, 0.1) is 5.69 Å². The summed E-state index contributed by atoms with van der Waals surface area (Å²) >= 11 is 9.28. The number of nitrogens with zero attached hydrogens (tertiary/aromatic N) is 1. The van der Waals surface area contributed by atoms with Crippen LogP contribution in [0.3, 0.4) is 0 Å². The van der Waals surface area contributed by atoms with E-state index in [1.54, 1.807) is 24.3 Å². The Kier molecular flexibility index (Phi) is 7.75. The standard InChI is InChI=1S/C27H21BrClN3O5/c1-15-4-3-5-22(16(15)2)30-24(33)14-37-23-11-6-18(28)12-17(23)13-21-25(34)31-27(36)32(26(21)35)20-9-7-19(29)8-10-20/h3-13H,14H2,1-2H3,(H,30,33)(H,31,34,36)/b21-13-. The van der Waals surface area contributed by atoms with Gasteiger partial charge in [-0.15, -0.1) is 0 Å². The maximum Gasteiger partial charge on any atom is 0.335 e. The molecule has 3 aromatic rings. The van der Waals surface area contributed by atoms with Crippen molar-refractivity contribution in [2.75, 3.05) is 16.8 Å². The normalized spacial score (nSPS) is 14.5. The van der Waals surface area contributed by atoms with Gasteiger partial charge in [-0.25, -0.2) is 9.69 Å². The van der Waals surface area contributed by atoms with Gasteiger partial charge in [-0.05, 0) is 79.6 Å². The molecule has 0 unspecified atom stereocenters. The number of urea groups is 1. The molecule has 0 bridgehead atoms. The lowest BCUT2D eigenvalue weighted by molar-refractivity contribution is -0.122. The Morgan fingerprint density at radius 2 is 1.81 bits per heavy atom. The highest BCUT2D eigenvalue weighted by atomic mass is 79.9. The van der Waals surface area contributed by atoms with E-state index < -0.39 is 17.8 Å². The SMILES string of the molecule is Cc1cccc(NC(=O)COc2ccc(Br)cc2/C=C2/C(=O)NC(=O)N(c3ccc(Cl)cc3)C2=O)c1C. The number of imide groups is 2.